The normalized spacial score (nSPS) is 20.9. The van der Waals surface area contributed by atoms with Crippen molar-refractivity contribution >= 4 is 29.5 Å². The summed E-state index contributed by atoms with van der Waals surface area (Å²) < 4.78 is 0. The number of nitrogens with one attached hydrogen (secondary N) is 1. The maximum absolute atomic E-state index is 11.7. The van der Waals surface area contributed by atoms with Crippen LogP contribution in [0.3, 0.4) is 0 Å². The number of likely N-dealkylation sites (tertiary alicyclic amines) is 1. The summed E-state index contributed by atoms with van der Waals surface area (Å²) in [6.07, 6.45) is 0.217. The van der Waals surface area contributed by atoms with Crippen LogP contribution in [0.15, 0.2) is 0 Å². The Morgan fingerprint density at radius 2 is 2.27 bits per heavy atom. The van der Waals surface area contributed by atoms with E-state index in [1.54, 1.807) is 0 Å². The number of amides is 3. The molecule has 0 radical (unpaired) electrons. The average molecular weight is 230 g/mol. The summed E-state index contributed by atoms with van der Waals surface area (Å²) in [4.78, 5) is 35.2. The Kier molecular flexibility index (Phi) is 4.14. The van der Waals surface area contributed by atoms with Gasteiger partial charge in [0.05, 0.1) is 5.25 Å². The third-order valence-electron chi connectivity index (χ3n) is 2.15. The van der Waals surface area contributed by atoms with E-state index in [0.29, 0.717) is 0 Å². The number of carbonyl (C=O) groups excluding carboxylic acids is 3. The van der Waals surface area contributed by atoms with Crippen molar-refractivity contribution in [2.24, 2.45) is 0 Å². The monoisotopic (exact) mass is 230 g/mol. The number of carbonyl (C=O) groups is 3. The molecule has 1 aliphatic rings. The van der Waals surface area contributed by atoms with E-state index in [1.807, 2.05) is 6.92 Å². The number of imide groups is 1. The minimum absolute atomic E-state index is 0.158. The Bertz CT molecular complexity index is 293. The highest BCUT2D eigenvalue weighted by Crippen LogP contribution is 2.24. The second kappa shape index (κ2) is 5.16. The highest BCUT2D eigenvalue weighted by Gasteiger charge is 2.39. The quantitative estimate of drug-likeness (QED) is 0.668. The average Bonchev–Trinajstić information content (AvgIpc) is 2.46. The molecule has 84 valence electrons. The van der Waals surface area contributed by atoms with E-state index < -0.39 is 0 Å². The van der Waals surface area contributed by atoms with E-state index in [9.17, 15) is 14.4 Å². The number of rotatable bonds is 4. The highest BCUT2D eigenvalue weighted by atomic mass is 32.2. The third kappa shape index (κ3) is 2.71. The van der Waals surface area contributed by atoms with Crippen LogP contribution in [0, 0.1) is 0 Å². The molecule has 1 aliphatic heterocycles. The maximum atomic E-state index is 11.7. The number of hydrogen-bond donors (Lipinski definition) is 1. The van der Waals surface area contributed by atoms with E-state index in [-0.39, 0.29) is 35.9 Å². The molecular weight excluding hydrogens is 216 g/mol. The molecule has 1 heterocycles. The fraction of sp³-hybridized carbons (Fsp3) is 0.667. The summed E-state index contributed by atoms with van der Waals surface area (Å²) >= 11 is 1.45. The molecule has 1 fully saturated rings. The van der Waals surface area contributed by atoms with Gasteiger partial charge in [-0.15, -0.1) is 11.8 Å². The molecule has 0 aliphatic carbocycles. The van der Waals surface area contributed by atoms with E-state index >= 15 is 0 Å². The summed E-state index contributed by atoms with van der Waals surface area (Å²) in [5, 5.41) is 2.09. The van der Waals surface area contributed by atoms with Crippen molar-refractivity contribution in [3.63, 3.8) is 0 Å². The molecule has 1 unspecified atom stereocenters. The Hall–Kier alpha value is -1.04. The Morgan fingerprint density at radius 3 is 2.80 bits per heavy atom. The van der Waals surface area contributed by atoms with Gasteiger partial charge in [-0.25, -0.2) is 0 Å². The first-order valence-electron chi connectivity index (χ1n) is 4.76. The van der Waals surface area contributed by atoms with Gasteiger partial charge in [-0.3, -0.25) is 19.3 Å². The fourth-order valence-electron chi connectivity index (χ4n) is 1.37. The predicted molar refractivity (Wildman–Crippen MR) is 57.3 cm³/mol. The van der Waals surface area contributed by atoms with E-state index in [4.69, 9.17) is 0 Å². The molecule has 1 N–H and O–H groups in total. The molecule has 0 aromatic carbocycles. The molecule has 1 rings (SSSR count). The molecule has 3 amide bonds. The van der Waals surface area contributed by atoms with Gasteiger partial charge in [0.2, 0.25) is 17.7 Å². The first-order valence-corrected chi connectivity index (χ1v) is 5.81. The van der Waals surface area contributed by atoms with Gasteiger partial charge < -0.3 is 5.32 Å². The molecule has 15 heavy (non-hydrogen) atoms. The van der Waals surface area contributed by atoms with E-state index in [2.05, 4.69) is 5.32 Å². The van der Waals surface area contributed by atoms with Crippen molar-refractivity contribution in [3.8, 4) is 0 Å². The van der Waals surface area contributed by atoms with Crippen LogP contribution in [0.5, 0.6) is 0 Å². The minimum atomic E-state index is -0.321. The van der Waals surface area contributed by atoms with Crippen molar-refractivity contribution in [3.05, 3.63) is 0 Å². The largest absolute Gasteiger partial charge is 0.358 e. The molecule has 1 atom stereocenters. The smallest absolute Gasteiger partial charge is 0.243 e. The second-order valence-corrected chi connectivity index (χ2v) is 4.62. The summed E-state index contributed by atoms with van der Waals surface area (Å²) in [6.45, 7) is 1.78. The number of likely N-dealkylation sites (N-methyl/N-ethyl adjacent to an activating group) is 1. The highest BCUT2D eigenvalue weighted by molar-refractivity contribution is 8.00. The first kappa shape index (κ1) is 12.0. The molecule has 0 aromatic heterocycles. The Labute approximate surface area is 92.6 Å². The van der Waals surface area contributed by atoms with Gasteiger partial charge in [-0.1, -0.05) is 6.92 Å². The summed E-state index contributed by atoms with van der Waals surface area (Å²) in [5.74, 6) is -0.0267. The second-order valence-electron chi connectivity index (χ2n) is 3.14. The third-order valence-corrected chi connectivity index (χ3v) is 3.25. The minimum Gasteiger partial charge on any atom is -0.358 e. The first-order chi connectivity index (χ1) is 7.10. The van der Waals surface area contributed by atoms with Crippen LogP contribution in [-0.4, -0.2) is 47.2 Å². The Balaban J connectivity index is 2.62. The molecule has 6 heteroatoms. The van der Waals surface area contributed by atoms with Gasteiger partial charge in [0, 0.05) is 13.5 Å². The van der Waals surface area contributed by atoms with Crippen molar-refractivity contribution in [1.82, 2.24) is 10.2 Å². The molecule has 5 nitrogen and oxygen atoms in total. The van der Waals surface area contributed by atoms with Crippen molar-refractivity contribution in [1.29, 1.82) is 0 Å². The summed E-state index contributed by atoms with van der Waals surface area (Å²) in [6, 6.07) is 0. The molecule has 0 saturated carbocycles. The zero-order valence-electron chi connectivity index (χ0n) is 8.78. The lowest BCUT2D eigenvalue weighted by Gasteiger charge is -2.13. The molecule has 0 aromatic rings. The zero-order chi connectivity index (χ0) is 11.4. The van der Waals surface area contributed by atoms with Crippen LogP contribution in [0.2, 0.25) is 0 Å². The lowest BCUT2D eigenvalue weighted by atomic mass is 10.4. The van der Waals surface area contributed by atoms with Crippen molar-refractivity contribution in [2.75, 3.05) is 19.3 Å². The number of nitrogens with zero attached hydrogens (tertiary/aromatic N) is 1. The molecule has 0 spiro atoms. The lowest BCUT2D eigenvalue weighted by Crippen LogP contribution is -2.39. The van der Waals surface area contributed by atoms with Crippen molar-refractivity contribution < 1.29 is 14.4 Å². The van der Waals surface area contributed by atoms with E-state index in [1.165, 1.54) is 18.8 Å². The zero-order valence-corrected chi connectivity index (χ0v) is 9.60. The van der Waals surface area contributed by atoms with Crippen molar-refractivity contribution in [2.45, 2.75) is 18.6 Å². The van der Waals surface area contributed by atoms with Crippen LogP contribution >= 0.6 is 11.8 Å². The topological polar surface area (TPSA) is 66.5 Å². The fourth-order valence-corrected chi connectivity index (χ4v) is 2.31. The van der Waals surface area contributed by atoms with Gasteiger partial charge >= 0.3 is 0 Å². The van der Waals surface area contributed by atoms with Crippen LogP contribution in [-0.2, 0) is 14.4 Å². The molecular formula is C9H14N2O3S. The summed E-state index contributed by atoms with van der Waals surface area (Å²) in [7, 11) is 1.48. The standard InChI is InChI=1S/C9H14N2O3S/c1-3-15-6-4-8(13)11(9(6)14)5-7(12)10-2/h6H,3-5H2,1-2H3,(H,10,12). The predicted octanol–water partition coefficient (Wildman–Crippen LogP) is -0.387. The SMILES string of the molecule is CCSC1CC(=O)N(CC(=O)NC)C1=O. The maximum Gasteiger partial charge on any atom is 0.243 e. The van der Waals surface area contributed by atoms with Gasteiger partial charge in [0.1, 0.15) is 6.54 Å². The molecule has 1 saturated heterocycles. The molecule has 0 bridgehead atoms. The summed E-state index contributed by atoms with van der Waals surface area (Å²) in [5.41, 5.74) is 0. The van der Waals surface area contributed by atoms with Crippen LogP contribution in [0.25, 0.3) is 0 Å². The lowest BCUT2D eigenvalue weighted by molar-refractivity contribution is -0.142. The van der Waals surface area contributed by atoms with Gasteiger partial charge in [-0.2, -0.15) is 0 Å². The van der Waals surface area contributed by atoms with Gasteiger partial charge in [0.15, 0.2) is 0 Å². The van der Waals surface area contributed by atoms with Gasteiger partial charge in [-0.05, 0) is 5.75 Å². The number of hydrogen-bond acceptors (Lipinski definition) is 4. The van der Waals surface area contributed by atoms with Crippen LogP contribution in [0.1, 0.15) is 13.3 Å². The van der Waals surface area contributed by atoms with Crippen LogP contribution in [0.4, 0.5) is 0 Å². The number of thioether (sulfide) groups is 1. The Morgan fingerprint density at radius 1 is 1.60 bits per heavy atom. The van der Waals surface area contributed by atoms with E-state index in [0.717, 1.165) is 10.7 Å². The van der Waals surface area contributed by atoms with Crippen LogP contribution < -0.4 is 5.32 Å². The van der Waals surface area contributed by atoms with Gasteiger partial charge in [0.25, 0.3) is 0 Å².